The van der Waals surface area contributed by atoms with E-state index in [-0.39, 0.29) is 24.1 Å². The predicted octanol–water partition coefficient (Wildman–Crippen LogP) is 4.58. The number of esters is 1. The molecule has 1 aliphatic heterocycles. The van der Waals surface area contributed by atoms with Crippen LogP contribution in [0.4, 0.5) is 4.79 Å². The Kier molecular flexibility index (Phi) is 6.46. The van der Waals surface area contributed by atoms with E-state index in [2.05, 4.69) is 6.58 Å². The van der Waals surface area contributed by atoms with Crippen molar-refractivity contribution in [3.05, 3.63) is 48.6 Å². The minimum atomic E-state index is -0.576. The lowest BCUT2D eigenvalue weighted by molar-refractivity contribution is -0.0136. The van der Waals surface area contributed by atoms with Crippen molar-refractivity contribution in [1.29, 1.82) is 0 Å². The normalized spacial score (nSPS) is 21.2. The number of carbonyl (C=O) groups excluding carboxylic acids is 2. The van der Waals surface area contributed by atoms with Gasteiger partial charge in [0.25, 0.3) is 0 Å². The van der Waals surface area contributed by atoms with Crippen LogP contribution >= 0.6 is 0 Å². The van der Waals surface area contributed by atoms with E-state index in [9.17, 15) is 9.59 Å². The van der Waals surface area contributed by atoms with Gasteiger partial charge in [-0.05, 0) is 59.1 Å². The van der Waals surface area contributed by atoms with Crippen LogP contribution in [-0.2, 0) is 9.47 Å². The molecule has 142 valence electrons. The number of amides is 1. The molecule has 0 radical (unpaired) electrons. The van der Waals surface area contributed by atoms with Crippen molar-refractivity contribution < 1.29 is 19.1 Å². The number of nitrogens with zero attached hydrogens (tertiary/aromatic N) is 1. The summed E-state index contributed by atoms with van der Waals surface area (Å²) in [6.45, 7) is 11.2. The van der Waals surface area contributed by atoms with Gasteiger partial charge in [0.05, 0.1) is 11.6 Å². The molecular formula is C21H29NO4. The quantitative estimate of drug-likeness (QED) is 0.570. The lowest BCUT2D eigenvalue weighted by Gasteiger charge is -2.34. The standard InChI is InChI=1S/C21H29NO4/c1-6-10-17-13-14-18(22(17)20(24)26-21(3,4)5)15(2)25-19(23)16-11-8-7-9-12-16/h6-9,11-12,15,17-18H,1,10,13-14H2,2-5H3/t15-,17?,18+/m1/s1. The summed E-state index contributed by atoms with van der Waals surface area (Å²) in [7, 11) is 0. The molecule has 0 N–H and O–H groups in total. The number of hydrogen-bond acceptors (Lipinski definition) is 4. The number of rotatable bonds is 5. The van der Waals surface area contributed by atoms with Gasteiger partial charge in [-0.1, -0.05) is 24.3 Å². The molecule has 1 aromatic rings. The highest BCUT2D eigenvalue weighted by Crippen LogP contribution is 2.31. The Labute approximate surface area is 156 Å². The highest BCUT2D eigenvalue weighted by molar-refractivity contribution is 5.89. The van der Waals surface area contributed by atoms with Gasteiger partial charge in [-0.2, -0.15) is 0 Å². The van der Waals surface area contributed by atoms with Crippen molar-refractivity contribution in [3.63, 3.8) is 0 Å². The molecule has 0 saturated carbocycles. The summed E-state index contributed by atoms with van der Waals surface area (Å²) in [5, 5.41) is 0. The summed E-state index contributed by atoms with van der Waals surface area (Å²) in [5.41, 5.74) is -0.0730. The van der Waals surface area contributed by atoms with Gasteiger partial charge in [0.1, 0.15) is 11.7 Å². The molecule has 5 nitrogen and oxygen atoms in total. The number of carbonyl (C=O) groups is 2. The molecule has 0 aromatic heterocycles. The van der Waals surface area contributed by atoms with Crippen molar-refractivity contribution in [2.24, 2.45) is 0 Å². The number of ether oxygens (including phenoxy) is 2. The molecule has 1 amide bonds. The van der Waals surface area contributed by atoms with Crippen molar-refractivity contribution in [2.75, 3.05) is 0 Å². The predicted molar refractivity (Wildman–Crippen MR) is 101 cm³/mol. The molecule has 3 atom stereocenters. The van der Waals surface area contributed by atoms with Crippen LogP contribution in [0, 0.1) is 0 Å². The first-order valence-electron chi connectivity index (χ1n) is 9.11. The largest absolute Gasteiger partial charge is 0.457 e. The van der Waals surface area contributed by atoms with E-state index in [0.717, 1.165) is 12.8 Å². The Bertz CT molecular complexity index is 635. The van der Waals surface area contributed by atoms with Gasteiger partial charge in [0, 0.05) is 6.04 Å². The fourth-order valence-corrected chi connectivity index (χ4v) is 3.29. The fraction of sp³-hybridized carbons (Fsp3) is 0.524. The molecule has 1 unspecified atom stereocenters. The third kappa shape index (κ3) is 5.10. The molecule has 0 aliphatic carbocycles. The Morgan fingerprint density at radius 1 is 1.27 bits per heavy atom. The Hall–Kier alpha value is -2.30. The van der Waals surface area contributed by atoms with Crippen LogP contribution in [0.1, 0.15) is 57.3 Å². The molecule has 1 aromatic carbocycles. The zero-order valence-corrected chi connectivity index (χ0v) is 16.1. The zero-order valence-electron chi connectivity index (χ0n) is 16.1. The first-order valence-corrected chi connectivity index (χ1v) is 9.11. The maximum Gasteiger partial charge on any atom is 0.410 e. The molecule has 26 heavy (non-hydrogen) atoms. The molecule has 1 fully saturated rings. The van der Waals surface area contributed by atoms with Gasteiger partial charge in [-0.25, -0.2) is 9.59 Å². The minimum absolute atomic E-state index is 0.0187. The Balaban J connectivity index is 2.12. The van der Waals surface area contributed by atoms with E-state index in [4.69, 9.17) is 9.47 Å². The minimum Gasteiger partial charge on any atom is -0.457 e. The highest BCUT2D eigenvalue weighted by atomic mass is 16.6. The van der Waals surface area contributed by atoms with E-state index in [0.29, 0.717) is 12.0 Å². The smallest absolute Gasteiger partial charge is 0.410 e. The SMILES string of the molecule is C=CCC1CC[C@@H]([C@@H](C)OC(=O)c2ccccc2)N1C(=O)OC(C)(C)C. The summed E-state index contributed by atoms with van der Waals surface area (Å²) in [5.74, 6) is -0.380. The molecule has 0 spiro atoms. The van der Waals surface area contributed by atoms with Gasteiger partial charge in [-0.3, -0.25) is 4.90 Å². The second kappa shape index (κ2) is 8.39. The van der Waals surface area contributed by atoms with E-state index in [1.54, 1.807) is 29.2 Å². The first kappa shape index (κ1) is 20.0. The van der Waals surface area contributed by atoms with Gasteiger partial charge < -0.3 is 9.47 Å². The molecule has 2 rings (SSSR count). The van der Waals surface area contributed by atoms with Crippen molar-refractivity contribution in [2.45, 2.75) is 70.7 Å². The van der Waals surface area contributed by atoms with E-state index < -0.39 is 11.7 Å². The summed E-state index contributed by atoms with van der Waals surface area (Å²) >= 11 is 0. The monoisotopic (exact) mass is 359 g/mol. The van der Waals surface area contributed by atoms with Crippen molar-refractivity contribution >= 4 is 12.1 Å². The van der Waals surface area contributed by atoms with Crippen LogP contribution in [0.25, 0.3) is 0 Å². The summed E-state index contributed by atoms with van der Waals surface area (Å²) < 4.78 is 11.2. The molecule has 1 saturated heterocycles. The average molecular weight is 359 g/mol. The summed E-state index contributed by atoms with van der Waals surface area (Å²) in [6.07, 6.45) is 3.31. The third-order valence-electron chi connectivity index (χ3n) is 4.43. The number of hydrogen-bond donors (Lipinski definition) is 0. The highest BCUT2D eigenvalue weighted by Gasteiger charge is 2.42. The number of likely N-dealkylation sites (tertiary alicyclic amines) is 1. The average Bonchev–Trinajstić information content (AvgIpc) is 2.98. The van der Waals surface area contributed by atoms with Crippen LogP contribution in [-0.4, -0.2) is 40.8 Å². The first-order chi connectivity index (χ1) is 12.2. The van der Waals surface area contributed by atoms with Crippen molar-refractivity contribution in [1.82, 2.24) is 4.90 Å². The second-order valence-corrected chi connectivity index (χ2v) is 7.69. The van der Waals surface area contributed by atoms with Crippen LogP contribution in [0.5, 0.6) is 0 Å². The summed E-state index contributed by atoms with van der Waals surface area (Å²) in [4.78, 5) is 26.8. The molecular weight excluding hydrogens is 330 g/mol. The number of benzene rings is 1. The molecule has 1 aliphatic rings. The van der Waals surface area contributed by atoms with Crippen molar-refractivity contribution in [3.8, 4) is 0 Å². The van der Waals surface area contributed by atoms with E-state index in [1.807, 2.05) is 39.8 Å². The molecule has 5 heteroatoms. The van der Waals surface area contributed by atoms with Gasteiger partial charge in [-0.15, -0.1) is 6.58 Å². The maximum atomic E-state index is 12.7. The third-order valence-corrected chi connectivity index (χ3v) is 4.43. The molecule has 1 heterocycles. The Morgan fingerprint density at radius 3 is 2.50 bits per heavy atom. The van der Waals surface area contributed by atoms with Crippen LogP contribution in [0.3, 0.4) is 0 Å². The van der Waals surface area contributed by atoms with Gasteiger partial charge >= 0.3 is 12.1 Å². The van der Waals surface area contributed by atoms with Gasteiger partial charge in [0.15, 0.2) is 0 Å². The second-order valence-electron chi connectivity index (χ2n) is 7.69. The zero-order chi connectivity index (χ0) is 19.3. The fourth-order valence-electron chi connectivity index (χ4n) is 3.29. The lowest BCUT2D eigenvalue weighted by atomic mass is 10.1. The van der Waals surface area contributed by atoms with Crippen LogP contribution in [0.15, 0.2) is 43.0 Å². The van der Waals surface area contributed by atoms with Crippen LogP contribution < -0.4 is 0 Å². The maximum absolute atomic E-state index is 12.7. The molecule has 0 bridgehead atoms. The topological polar surface area (TPSA) is 55.8 Å². The Morgan fingerprint density at radius 2 is 1.92 bits per heavy atom. The van der Waals surface area contributed by atoms with Gasteiger partial charge in [0.2, 0.25) is 0 Å². The summed E-state index contributed by atoms with van der Waals surface area (Å²) in [6, 6.07) is 8.69. The van der Waals surface area contributed by atoms with E-state index >= 15 is 0 Å². The lowest BCUT2D eigenvalue weighted by Crippen LogP contribution is -2.48. The van der Waals surface area contributed by atoms with Crippen LogP contribution in [0.2, 0.25) is 0 Å². The van der Waals surface area contributed by atoms with E-state index in [1.165, 1.54) is 0 Å².